The summed E-state index contributed by atoms with van der Waals surface area (Å²) in [6.45, 7) is 4.06. The van der Waals surface area contributed by atoms with E-state index in [1.807, 2.05) is 24.3 Å². The Morgan fingerprint density at radius 2 is 1.92 bits per heavy atom. The van der Waals surface area contributed by atoms with Gasteiger partial charge in [-0.1, -0.05) is 25.1 Å². The zero-order chi connectivity index (χ0) is 17.6. The largest absolute Gasteiger partial charge is 0.508 e. The number of phenols is 1. The average molecular weight is 339 g/mol. The van der Waals surface area contributed by atoms with Gasteiger partial charge in [-0.2, -0.15) is 0 Å². The number of phenolic OH excluding ortho intramolecular Hbond substituents is 1. The van der Waals surface area contributed by atoms with Crippen LogP contribution in [0.15, 0.2) is 63.8 Å². The van der Waals surface area contributed by atoms with Crippen LogP contribution in [0, 0.1) is 0 Å². The van der Waals surface area contributed by atoms with E-state index >= 15 is 0 Å². The second-order valence-electron chi connectivity index (χ2n) is 5.78. The van der Waals surface area contributed by atoms with Gasteiger partial charge in [0.2, 0.25) is 0 Å². The van der Waals surface area contributed by atoms with Crippen molar-refractivity contribution in [1.82, 2.24) is 0 Å². The highest BCUT2D eigenvalue weighted by Crippen LogP contribution is 2.24. The second-order valence-corrected chi connectivity index (χ2v) is 5.78. The van der Waals surface area contributed by atoms with Crippen LogP contribution in [0.1, 0.15) is 13.3 Å². The standard InChI is InChI=1S/C20H21NO4/c1-2-11-21(16-6-4-7-17(22)14-16)12-13-24-18-8-3-5-15-9-10-19(23)25-20(15)18/h3-10,14,22H,2,11-13H2,1H3. The van der Waals surface area contributed by atoms with Crippen LogP contribution in [0.4, 0.5) is 5.69 Å². The minimum absolute atomic E-state index is 0.246. The molecule has 1 N–H and O–H groups in total. The fraction of sp³-hybridized carbons (Fsp3) is 0.250. The van der Waals surface area contributed by atoms with E-state index in [0.717, 1.165) is 24.0 Å². The van der Waals surface area contributed by atoms with Gasteiger partial charge >= 0.3 is 5.63 Å². The Morgan fingerprint density at radius 3 is 2.72 bits per heavy atom. The van der Waals surface area contributed by atoms with Crippen molar-refractivity contribution in [3.05, 3.63) is 65.0 Å². The minimum Gasteiger partial charge on any atom is -0.508 e. The van der Waals surface area contributed by atoms with Crippen LogP contribution in [-0.2, 0) is 0 Å². The third kappa shape index (κ3) is 4.12. The van der Waals surface area contributed by atoms with Crippen molar-refractivity contribution in [2.45, 2.75) is 13.3 Å². The quantitative estimate of drug-likeness (QED) is 0.664. The van der Waals surface area contributed by atoms with Gasteiger partial charge in [-0.3, -0.25) is 0 Å². The highest BCUT2D eigenvalue weighted by atomic mass is 16.5. The number of nitrogens with zero attached hydrogens (tertiary/aromatic N) is 1. The maximum absolute atomic E-state index is 11.5. The molecular weight excluding hydrogens is 318 g/mol. The Bertz CT molecular complexity index is 903. The van der Waals surface area contributed by atoms with Crippen molar-refractivity contribution in [3.63, 3.8) is 0 Å². The van der Waals surface area contributed by atoms with E-state index in [9.17, 15) is 9.90 Å². The number of ether oxygens (including phenoxy) is 1. The van der Waals surface area contributed by atoms with Gasteiger partial charge in [-0.15, -0.1) is 0 Å². The highest BCUT2D eigenvalue weighted by molar-refractivity contribution is 5.82. The first-order valence-electron chi connectivity index (χ1n) is 8.37. The van der Waals surface area contributed by atoms with E-state index in [-0.39, 0.29) is 5.75 Å². The number of fused-ring (bicyclic) bond motifs is 1. The summed E-state index contributed by atoms with van der Waals surface area (Å²) in [7, 11) is 0. The molecule has 1 heterocycles. The summed E-state index contributed by atoms with van der Waals surface area (Å²) in [6.07, 6.45) is 0.985. The first-order chi connectivity index (χ1) is 12.2. The molecule has 0 amide bonds. The summed E-state index contributed by atoms with van der Waals surface area (Å²) in [5, 5.41) is 10.5. The Morgan fingerprint density at radius 1 is 1.08 bits per heavy atom. The van der Waals surface area contributed by atoms with Crippen LogP contribution in [-0.4, -0.2) is 24.8 Å². The maximum atomic E-state index is 11.5. The summed E-state index contributed by atoms with van der Waals surface area (Å²) in [5.74, 6) is 0.804. The lowest BCUT2D eigenvalue weighted by Crippen LogP contribution is -2.29. The first kappa shape index (κ1) is 16.9. The SMILES string of the molecule is CCCN(CCOc1cccc2ccc(=O)oc12)c1cccc(O)c1. The molecule has 3 aromatic rings. The summed E-state index contributed by atoms with van der Waals surface area (Å²) in [4.78, 5) is 13.6. The average Bonchev–Trinajstić information content (AvgIpc) is 2.61. The zero-order valence-electron chi connectivity index (χ0n) is 14.1. The van der Waals surface area contributed by atoms with Gasteiger partial charge < -0.3 is 19.2 Å². The van der Waals surface area contributed by atoms with Crippen LogP contribution in [0.3, 0.4) is 0 Å². The lowest BCUT2D eigenvalue weighted by molar-refractivity contribution is 0.321. The molecule has 5 nitrogen and oxygen atoms in total. The van der Waals surface area contributed by atoms with Crippen LogP contribution in [0.2, 0.25) is 0 Å². The topological polar surface area (TPSA) is 62.9 Å². The van der Waals surface area contributed by atoms with Gasteiger partial charge in [0, 0.05) is 29.8 Å². The fourth-order valence-electron chi connectivity index (χ4n) is 2.77. The molecule has 0 saturated heterocycles. The van der Waals surface area contributed by atoms with Crippen molar-refractivity contribution >= 4 is 16.7 Å². The highest BCUT2D eigenvalue weighted by Gasteiger charge is 2.09. The molecule has 2 aromatic carbocycles. The molecule has 1 aromatic heterocycles. The second kappa shape index (κ2) is 7.75. The molecule has 3 rings (SSSR count). The molecule has 0 aliphatic carbocycles. The Balaban J connectivity index is 1.72. The predicted molar refractivity (Wildman–Crippen MR) is 98.6 cm³/mol. The molecule has 0 unspecified atom stereocenters. The first-order valence-corrected chi connectivity index (χ1v) is 8.37. The molecular formula is C20H21NO4. The molecule has 25 heavy (non-hydrogen) atoms. The molecule has 0 bridgehead atoms. The number of para-hydroxylation sites is 1. The minimum atomic E-state index is -0.393. The van der Waals surface area contributed by atoms with E-state index in [0.29, 0.717) is 24.5 Å². The van der Waals surface area contributed by atoms with E-state index < -0.39 is 5.63 Å². The normalized spacial score (nSPS) is 10.8. The third-order valence-electron chi connectivity index (χ3n) is 3.92. The smallest absolute Gasteiger partial charge is 0.336 e. The van der Waals surface area contributed by atoms with E-state index in [1.54, 1.807) is 24.3 Å². The van der Waals surface area contributed by atoms with Crippen molar-refractivity contribution in [2.24, 2.45) is 0 Å². The Kier molecular flexibility index (Phi) is 5.23. The Labute approximate surface area is 146 Å². The number of anilines is 1. The molecule has 5 heteroatoms. The van der Waals surface area contributed by atoms with Gasteiger partial charge in [-0.25, -0.2) is 4.79 Å². The van der Waals surface area contributed by atoms with E-state index in [2.05, 4.69) is 11.8 Å². The Hall–Kier alpha value is -2.95. The van der Waals surface area contributed by atoms with E-state index in [4.69, 9.17) is 9.15 Å². The summed E-state index contributed by atoms with van der Waals surface area (Å²) < 4.78 is 11.1. The summed E-state index contributed by atoms with van der Waals surface area (Å²) in [6, 6.07) is 15.9. The van der Waals surface area contributed by atoms with Crippen molar-refractivity contribution in [3.8, 4) is 11.5 Å². The molecule has 0 radical (unpaired) electrons. The molecule has 0 fully saturated rings. The number of aromatic hydroxyl groups is 1. The molecule has 0 atom stereocenters. The van der Waals surface area contributed by atoms with Crippen LogP contribution in [0.25, 0.3) is 11.0 Å². The number of hydrogen-bond acceptors (Lipinski definition) is 5. The number of benzene rings is 2. The van der Waals surface area contributed by atoms with Gasteiger partial charge in [-0.05, 0) is 30.7 Å². The van der Waals surface area contributed by atoms with Crippen LogP contribution < -0.4 is 15.3 Å². The molecule has 0 saturated carbocycles. The van der Waals surface area contributed by atoms with Crippen molar-refractivity contribution in [1.29, 1.82) is 0 Å². The van der Waals surface area contributed by atoms with Gasteiger partial charge in [0.25, 0.3) is 0 Å². The van der Waals surface area contributed by atoms with Crippen LogP contribution >= 0.6 is 0 Å². The van der Waals surface area contributed by atoms with Gasteiger partial charge in [0.05, 0.1) is 6.54 Å². The summed E-state index contributed by atoms with van der Waals surface area (Å²) in [5.41, 5.74) is 1.03. The van der Waals surface area contributed by atoms with Gasteiger partial charge in [0.15, 0.2) is 11.3 Å². The zero-order valence-corrected chi connectivity index (χ0v) is 14.1. The molecule has 0 aliphatic heterocycles. The lowest BCUT2D eigenvalue weighted by Gasteiger charge is -2.24. The number of rotatable bonds is 7. The monoisotopic (exact) mass is 339 g/mol. The summed E-state index contributed by atoms with van der Waals surface area (Å²) >= 11 is 0. The molecule has 130 valence electrons. The van der Waals surface area contributed by atoms with Crippen molar-refractivity contribution < 1.29 is 14.3 Å². The predicted octanol–water partition coefficient (Wildman–Crippen LogP) is 3.79. The maximum Gasteiger partial charge on any atom is 0.336 e. The van der Waals surface area contributed by atoms with Gasteiger partial charge in [0.1, 0.15) is 12.4 Å². The third-order valence-corrected chi connectivity index (χ3v) is 3.92. The molecule has 0 spiro atoms. The number of hydrogen-bond donors (Lipinski definition) is 1. The van der Waals surface area contributed by atoms with E-state index in [1.165, 1.54) is 6.07 Å². The molecule has 0 aliphatic rings. The lowest BCUT2D eigenvalue weighted by atomic mass is 10.2. The van der Waals surface area contributed by atoms with Crippen LogP contribution in [0.5, 0.6) is 11.5 Å². The van der Waals surface area contributed by atoms with Crippen molar-refractivity contribution in [2.75, 3.05) is 24.6 Å². The fourth-order valence-corrected chi connectivity index (χ4v) is 2.77.